The molecule has 0 amide bonds. The van der Waals surface area contributed by atoms with Crippen molar-refractivity contribution < 1.29 is 9.47 Å². The van der Waals surface area contributed by atoms with Gasteiger partial charge in [0.05, 0.1) is 13.2 Å². The number of piperidine rings is 1. The van der Waals surface area contributed by atoms with Gasteiger partial charge in [-0.15, -0.1) is 24.0 Å². The van der Waals surface area contributed by atoms with Crippen molar-refractivity contribution in [2.45, 2.75) is 45.3 Å². The first-order valence-electron chi connectivity index (χ1n) is 10.6. The summed E-state index contributed by atoms with van der Waals surface area (Å²) in [5.74, 6) is 2.50. The first kappa shape index (κ1) is 24.2. The summed E-state index contributed by atoms with van der Waals surface area (Å²) in [4.78, 5) is 6.97. The molecule has 0 aromatic heterocycles. The third-order valence-corrected chi connectivity index (χ3v) is 5.61. The molecule has 0 radical (unpaired) electrons. The molecular formula is C22H37IN4O2. The number of benzene rings is 1. The first-order chi connectivity index (χ1) is 13.6. The molecule has 0 bridgehead atoms. The van der Waals surface area contributed by atoms with E-state index in [0.29, 0.717) is 12.6 Å². The van der Waals surface area contributed by atoms with Gasteiger partial charge in [0.25, 0.3) is 0 Å². The van der Waals surface area contributed by atoms with E-state index in [0.717, 1.165) is 56.8 Å². The van der Waals surface area contributed by atoms with Gasteiger partial charge in [-0.25, -0.2) is 0 Å². The maximum absolute atomic E-state index is 5.97. The van der Waals surface area contributed by atoms with Crippen LogP contribution in [0.2, 0.25) is 0 Å². The van der Waals surface area contributed by atoms with Crippen LogP contribution in [0.1, 0.15) is 31.7 Å². The van der Waals surface area contributed by atoms with Crippen LogP contribution >= 0.6 is 24.0 Å². The summed E-state index contributed by atoms with van der Waals surface area (Å²) in [5, 5.41) is 6.98. The zero-order valence-corrected chi connectivity index (χ0v) is 20.4. The second-order valence-electron chi connectivity index (χ2n) is 8.14. The first-order valence-corrected chi connectivity index (χ1v) is 10.6. The summed E-state index contributed by atoms with van der Waals surface area (Å²) in [6.45, 7) is 10.2. The molecule has 164 valence electrons. The lowest BCUT2D eigenvalue weighted by Gasteiger charge is -2.34. The Kier molecular flexibility index (Phi) is 10.5. The van der Waals surface area contributed by atoms with Gasteiger partial charge in [0.15, 0.2) is 5.96 Å². The molecule has 2 saturated heterocycles. The van der Waals surface area contributed by atoms with Crippen molar-refractivity contribution in [3.63, 3.8) is 0 Å². The fourth-order valence-electron chi connectivity index (χ4n) is 3.87. The van der Waals surface area contributed by atoms with E-state index >= 15 is 0 Å². The van der Waals surface area contributed by atoms with E-state index in [1.54, 1.807) is 0 Å². The number of hydrogen-bond acceptors (Lipinski definition) is 4. The van der Waals surface area contributed by atoms with Crippen molar-refractivity contribution in [1.29, 1.82) is 0 Å². The molecule has 6 nitrogen and oxygen atoms in total. The molecular weight excluding hydrogens is 479 g/mol. The fourth-order valence-corrected chi connectivity index (χ4v) is 3.87. The number of rotatable bonds is 7. The molecule has 2 N–H and O–H groups in total. The highest BCUT2D eigenvalue weighted by atomic mass is 127. The van der Waals surface area contributed by atoms with Crippen LogP contribution in [0.25, 0.3) is 0 Å². The molecule has 0 saturated carbocycles. The Morgan fingerprint density at radius 3 is 2.59 bits per heavy atom. The standard InChI is InChI=1S/C22H36N4O2.HI/c1-17-4-6-21(7-5-17)28-18(2)14-24-22(23-3)25-20-8-11-26(12-9-20)15-19-10-13-27-16-19;/h4-7,18-20H,8-16H2,1-3H3,(H2,23,24,25);1H. The summed E-state index contributed by atoms with van der Waals surface area (Å²) in [5.41, 5.74) is 1.24. The van der Waals surface area contributed by atoms with Gasteiger partial charge in [-0.2, -0.15) is 0 Å². The van der Waals surface area contributed by atoms with Crippen molar-refractivity contribution >= 4 is 29.9 Å². The van der Waals surface area contributed by atoms with Crippen LogP contribution in [0.4, 0.5) is 0 Å². The summed E-state index contributed by atoms with van der Waals surface area (Å²) in [6.07, 6.45) is 3.60. The lowest BCUT2D eigenvalue weighted by Crippen LogP contribution is -2.50. The quantitative estimate of drug-likeness (QED) is 0.332. The van der Waals surface area contributed by atoms with E-state index in [4.69, 9.17) is 9.47 Å². The van der Waals surface area contributed by atoms with Gasteiger partial charge in [0.2, 0.25) is 0 Å². The highest BCUT2D eigenvalue weighted by Crippen LogP contribution is 2.17. The average molecular weight is 516 g/mol. The van der Waals surface area contributed by atoms with E-state index in [2.05, 4.69) is 46.5 Å². The largest absolute Gasteiger partial charge is 0.489 e. The number of halogens is 1. The van der Waals surface area contributed by atoms with E-state index in [9.17, 15) is 0 Å². The van der Waals surface area contributed by atoms with Gasteiger partial charge < -0.3 is 25.0 Å². The number of hydrogen-bond donors (Lipinski definition) is 2. The van der Waals surface area contributed by atoms with Crippen LogP contribution in [0.5, 0.6) is 5.75 Å². The molecule has 0 spiro atoms. The zero-order chi connectivity index (χ0) is 19.8. The molecule has 1 aromatic rings. The maximum atomic E-state index is 5.97. The number of aliphatic imine (C=N–C) groups is 1. The number of nitrogens with one attached hydrogen (secondary N) is 2. The molecule has 3 rings (SSSR count). The van der Waals surface area contributed by atoms with Crippen molar-refractivity contribution in [1.82, 2.24) is 15.5 Å². The number of nitrogens with zero attached hydrogens (tertiary/aromatic N) is 2. The van der Waals surface area contributed by atoms with Gasteiger partial charge in [0.1, 0.15) is 11.9 Å². The molecule has 2 atom stereocenters. The van der Waals surface area contributed by atoms with Crippen LogP contribution in [0.15, 0.2) is 29.3 Å². The second-order valence-corrected chi connectivity index (χ2v) is 8.14. The Hall–Kier alpha value is -1.06. The topological polar surface area (TPSA) is 58.1 Å². The highest BCUT2D eigenvalue weighted by Gasteiger charge is 2.24. The Bertz CT molecular complexity index is 612. The van der Waals surface area contributed by atoms with Gasteiger partial charge in [-0.3, -0.25) is 4.99 Å². The van der Waals surface area contributed by atoms with E-state index in [1.807, 2.05) is 19.2 Å². The fraction of sp³-hybridized carbons (Fsp3) is 0.682. The Morgan fingerprint density at radius 1 is 1.24 bits per heavy atom. The van der Waals surface area contributed by atoms with E-state index in [1.165, 1.54) is 18.5 Å². The van der Waals surface area contributed by atoms with Gasteiger partial charge >= 0.3 is 0 Å². The van der Waals surface area contributed by atoms with Crippen molar-refractivity contribution in [3.8, 4) is 5.75 Å². The molecule has 29 heavy (non-hydrogen) atoms. The van der Waals surface area contributed by atoms with Gasteiger partial charge in [0, 0.05) is 39.3 Å². The Morgan fingerprint density at radius 2 is 1.97 bits per heavy atom. The lowest BCUT2D eigenvalue weighted by atomic mass is 10.0. The molecule has 7 heteroatoms. The van der Waals surface area contributed by atoms with Crippen LogP contribution in [-0.2, 0) is 4.74 Å². The summed E-state index contributed by atoms with van der Waals surface area (Å²) in [7, 11) is 1.83. The third-order valence-electron chi connectivity index (χ3n) is 5.61. The van der Waals surface area contributed by atoms with E-state index < -0.39 is 0 Å². The van der Waals surface area contributed by atoms with Gasteiger partial charge in [-0.05, 0) is 51.2 Å². The predicted molar refractivity (Wildman–Crippen MR) is 130 cm³/mol. The number of guanidine groups is 1. The third kappa shape index (κ3) is 8.30. The summed E-state index contributed by atoms with van der Waals surface area (Å²) >= 11 is 0. The number of aryl methyl sites for hydroxylation is 1. The molecule has 2 unspecified atom stereocenters. The van der Waals surface area contributed by atoms with Gasteiger partial charge in [-0.1, -0.05) is 17.7 Å². The maximum Gasteiger partial charge on any atom is 0.191 e. The smallest absolute Gasteiger partial charge is 0.191 e. The predicted octanol–water partition coefficient (Wildman–Crippen LogP) is 3.05. The van der Waals surface area contributed by atoms with Crippen molar-refractivity contribution in [3.05, 3.63) is 29.8 Å². The molecule has 1 aromatic carbocycles. The van der Waals surface area contributed by atoms with E-state index in [-0.39, 0.29) is 30.1 Å². The normalized spacial score (nSPS) is 22.0. The number of ether oxygens (including phenoxy) is 2. The minimum absolute atomic E-state index is 0. The SMILES string of the molecule is CN=C(NCC(C)Oc1ccc(C)cc1)NC1CCN(CC2CCOC2)CC1.I. The van der Waals surface area contributed by atoms with Crippen LogP contribution in [0, 0.1) is 12.8 Å². The summed E-state index contributed by atoms with van der Waals surface area (Å²) in [6, 6.07) is 8.66. The minimum atomic E-state index is 0. The molecule has 2 heterocycles. The monoisotopic (exact) mass is 516 g/mol. The molecule has 0 aliphatic carbocycles. The molecule has 2 aliphatic heterocycles. The zero-order valence-electron chi connectivity index (χ0n) is 18.0. The minimum Gasteiger partial charge on any atom is -0.489 e. The Labute approximate surface area is 192 Å². The Balaban J connectivity index is 0.00000300. The van der Waals surface area contributed by atoms with Crippen LogP contribution in [0.3, 0.4) is 0 Å². The molecule has 2 aliphatic rings. The average Bonchev–Trinajstić information content (AvgIpc) is 3.21. The van der Waals surface area contributed by atoms with Crippen molar-refractivity contribution in [2.24, 2.45) is 10.9 Å². The summed E-state index contributed by atoms with van der Waals surface area (Å²) < 4.78 is 11.5. The van der Waals surface area contributed by atoms with Crippen molar-refractivity contribution in [2.75, 3.05) is 46.4 Å². The lowest BCUT2D eigenvalue weighted by molar-refractivity contribution is 0.150. The van der Waals surface area contributed by atoms with Crippen LogP contribution in [-0.4, -0.2) is 69.4 Å². The highest BCUT2D eigenvalue weighted by molar-refractivity contribution is 14.0. The van der Waals surface area contributed by atoms with Crippen LogP contribution < -0.4 is 15.4 Å². The number of likely N-dealkylation sites (tertiary alicyclic amines) is 1. The molecule has 2 fully saturated rings. The second kappa shape index (κ2) is 12.6.